The third-order valence-corrected chi connectivity index (χ3v) is 4.41. The lowest BCUT2D eigenvalue weighted by Gasteiger charge is -2.13. The molecule has 0 saturated heterocycles. The highest BCUT2D eigenvalue weighted by atomic mass is 35.5. The Kier molecular flexibility index (Phi) is 4.16. The van der Waals surface area contributed by atoms with Crippen molar-refractivity contribution in [3.8, 4) is 17.0 Å². The number of aromatic nitrogens is 1. The van der Waals surface area contributed by atoms with Gasteiger partial charge in [-0.3, -0.25) is 0 Å². The van der Waals surface area contributed by atoms with Crippen LogP contribution in [0.4, 0.5) is 0 Å². The minimum absolute atomic E-state index is 0.208. The van der Waals surface area contributed by atoms with E-state index in [1.807, 2.05) is 19.9 Å². The lowest BCUT2D eigenvalue weighted by molar-refractivity contribution is 0.0699. The van der Waals surface area contributed by atoms with Gasteiger partial charge in [-0.25, -0.2) is 9.78 Å². The average molecular weight is 342 g/mol. The van der Waals surface area contributed by atoms with E-state index in [9.17, 15) is 9.90 Å². The third kappa shape index (κ3) is 2.69. The Hall–Kier alpha value is -2.59. The molecule has 2 aromatic carbocycles. The van der Waals surface area contributed by atoms with Crippen LogP contribution in [0.3, 0.4) is 0 Å². The summed E-state index contributed by atoms with van der Waals surface area (Å²) in [6, 6.07) is 10.5. The van der Waals surface area contributed by atoms with E-state index in [0.29, 0.717) is 32.9 Å². The first kappa shape index (κ1) is 16.3. The molecular weight excluding hydrogens is 326 g/mol. The molecule has 0 bridgehead atoms. The Labute approximate surface area is 144 Å². The van der Waals surface area contributed by atoms with Crippen molar-refractivity contribution in [3.05, 3.63) is 58.1 Å². The van der Waals surface area contributed by atoms with E-state index in [1.54, 1.807) is 37.4 Å². The predicted octanol–water partition coefficient (Wildman–Crippen LogP) is 4.88. The number of methoxy groups -OCH3 is 1. The number of carboxylic acids is 1. The van der Waals surface area contributed by atoms with Crippen molar-refractivity contribution in [1.29, 1.82) is 0 Å². The van der Waals surface area contributed by atoms with Crippen molar-refractivity contribution in [2.45, 2.75) is 13.8 Å². The number of benzene rings is 2. The first-order valence-electron chi connectivity index (χ1n) is 7.40. The molecule has 5 heteroatoms. The summed E-state index contributed by atoms with van der Waals surface area (Å²) >= 11 is 6.10. The Morgan fingerprint density at radius 1 is 1.17 bits per heavy atom. The second kappa shape index (κ2) is 6.13. The molecule has 1 aromatic heterocycles. The third-order valence-electron chi connectivity index (χ3n) is 4.17. The van der Waals surface area contributed by atoms with Crippen LogP contribution >= 0.6 is 11.6 Å². The number of carbonyl (C=O) groups is 1. The summed E-state index contributed by atoms with van der Waals surface area (Å²) < 4.78 is 5.38. The molecule has 0 radical (unpaired) electrons. The van der Waals surface area contributed by atoms with Gasteiger partial charge in [0.05, 0.1) is 23.9 Å². The van der Waals surface area contributed by atoms with E-state index < -0.39 is 5.97 Å². The molecule has 3 aromatic rings. The van der Waals surface area contributed by atoms with E-state index >= 15 is 0 Å². The molecule has 1 heterocycles. The van der Waals surface area contributed by atoms with Crippen LogP contribution in [0, 0.1) is 13.8 Å². The van der Waals surface area contributed by atoms with Crippen molar-refractivity contribution in [3.63, 3.8) is 0 Å². The van der Waals surface area contributed by atoms with Gasteiger partial charge < -0.3 is 9.84 Å². The van der Waals surface area contributed by atoms with Crippen LogP contribution in [0.25, 0.3) is 22.2 Å². The summed E-state index contributed by atoms with van der Waals surface area (Å²) in [6.07, 6.45) is 0. The number of rotatable bonds is 3. The van der Waals surface area contributed by atoms with Gasteiger partial charge in [0.15, 0.2) is 0 Å². The van der Waals surface area contributed by atoms with Crippen molar-refractivity contribution >= 4 is 28.5 Å². The van der Waals surface area contributed by atoms with Gasteiger partial charge in [-0.2, -0.15) is 0 Å². The quantitative estimate of drug-likeness (QED) is 0.737. The molecule has 0 aliphatic carbocycles. The molecule has 0 saturated carbocycles. The molecule has 0 spiro atoms. The predicted molar refractivity (Wildman–Crippen MR) is 95.2 cm³/mol. The van der Waals surface area contributed by atoms with Crippen LogP contribution in [-0.4, -0.2) is 23.2 Å². The number of aryl methyl sites for hydroxylation is 2. The zero-order chi connectivity index (χ0) is 17.4. The zero-order valence-electron chi connectivity index (χ0n) is 13.6. The number of aromatic carboxylic acids is 1. The van der Waals surface area contributed by atoms with Crippen LogP contribution in [0.15, 0.2) is 36.4 Å². The minimum atomic E-state index is -0.993. The minimum Gasteiger partial charge on any atom is -0.496 e. The molecule has 0 unspecified atom stereocenters. The molecule has 3 rings (SSSR count). The number of pyridine rings is 1. The molecular formula is C19H16ClNO3. The number of halogens is 1. The zero-order valence-corrected chi connectivity index (χ0v) is 14.3. The van der Waals surface area contributed by atoms with Gasteiger partial charge in [0.1, 0.15) is 5.75 Å². The van der Waals surface area contributed by atoms with E-state index in [0.717, 1.165) is 11.1 Å². The summed E-state index contributed by atoms with van der Waals surface area (Å²) in [6.45, 7) is 3.92. The van der Waals surface area contributed by atoms with Gasteiger partial charge in [0, 0.05) is 16.0 Å². The van der Waals surface area contributed by atoms with Gasteiger partial charge in [0.2, 0.25) is 0 Å². The van der Waals surface area contributed by atoms with Crippen LogP contribution in [0.1, 0.15) is 21.5 Å². The first-order valence-corrected chi connectivity index (χ1v) is 7.78. The largest absolute Gasteiger partial charge is 0.496 e. The Morgan fingerprint density at radius 3 is 2.58 bits per heavy atom. The maximum absolute atomic E-state index is 11.7. The van der Waals surface area contributed by atoms with Crippen molar-refractivity contribution in [2.75, 3.05) is 7.11 Å². The summed E-state index contributed by atoms with van der Waals surface area (Å²) in [5.74, 6) is -0.402. The molecule has 0 aliphatic rings. The smallest absolute Gasteiger partial charge is 0.336 e. The standard InChI is InChI=1S/C19H16ClNO3/c1-10-4-6-13-14(19(22)23)9-16(21-18(13)11(10)2)15-8-12(20)5-7-17(15)24-3/h4-9H,1-3H3,(H,22,23). The molecule has 0 fully saturated rings. The first-order chi connectivity index (χ1) is 11.4. The van der Waals surface area contributed by atoms with E-state index in [1.165, 1.54) is 0 Å². The molecule has 4 nitrogen and oxygen atoms in total. The van der Waals surface area contributed by atoms with Crippen LogP contribution in [-0.2, 0) is 0 Å². The SMILES string of the molecule is COc1ccc(Cl)cc1-c1cc(C(=O)O)c2ccc(C)c(C)c2n1. The summed E-state index contributed by atoms with van der Waals surface area (Å²) in [7, 11) is 1.56. The maximum atomic E-state index is 11.7. The number of hydrogen-bond donors (Lipinski definition) is 1. The molecule has 24 heavy (non-hydrogen) atoms. The van der Waals surface area contributed by atoms with Gasteiger partial charge in [-0.15, -0.1) is 0 Å². The highest BCUT2D eigenvalue weighted by Crippen LogP contribution is 2.34. The molecule has 122 valence electrons. The topological polar surface area (TPSA) is 59.4 Å². The highest BCUT2D eigenvalue weighted by Gasteiger charge is 2.17. The van der Waals surface area contributed by atoms with Crippen LogP contribution in [0.5, 0.6) is 5.75 Å². The lowest BCUT2D eigenvalue weighted by Crippen LogP contribution is -2.02. The number of fused-ring (bicyclic) bond motifs is 1. The molecule has 1 N–H and O–H groups in total. The van der Waals surface area contributed by atoms with Gasteiger partial charge >= 0.3 is 5.97 Å². The summed E-state index contributed by atoms with van der Waals surface area (Å²) in [4.78, 5) is 16.4. The summed E-state index contributed by atoms with van der Waals surface area (Å²) in [5.41, 5.74) is 4.08. The second-order valence-electron chi connectivity index (χ2n) is 5.61. The van der Waals surface area contributed by atoms with Gasteiger partial charge in [-0.05, 0) is 49.2 Å². The fourth-order valence-corrected chi connectivity index (χ4v) is 2.90. The van der Waals surface area contributed by atoms with E-state index in [-0.39, 0.29) is 5.56 Å². The van der Waals surface area contributed by atoms with E-state index in [4.69, 9.17) is 21.3 Å². The van der Waals surface area contributed by atoms with Gasteiger partial charge in [-0.1, -0.05) is 23.7 Å². The highest BCUT2D eigenvalue weighted by molar-refractivity contribution is 6.31. The van der Waals surface area contributed by atoms with E-state index in [2.05, 4.69) is 0 Å². The Bertz CT molecular complexity index is 966. The monoisotopic (exact) mass is 341 g/mol. The number of ether oxygens (including phenoxy) is 1. The number of nitrogens with zero attached hydrogens (tertiary/aromatic N) is 1. The average Bonchev–Trinajstić information content (AvgIpc) is 2.57. The number of hydrogen-bond acceptors (Lipinski definition) is 3. The van der Waals surface area contributed by atoms with Gasteiger partial charge in [0.25, 0.3) is 0 Å². The fourth-order valence-electron chi connectivity index (χ4n) is 2.72. The summed E-state index contributed by atoms with van der Waals surface area (Å²) in [5, 5.41) is 10.8. The molecule has 0 aliphatic heterocycles. The Morgan fingerprint density at radius 2 is 1.92 bits per heavy atom. The van der Waals surface area contributed by atoms with Crippen molar-refractivity contribution in [1.82, 2.24) is 4.98 Å². The Balaban J connectivity index is 2.40. The van der Waals surface area contributed by atoms with Crippen LogP contribution < -0.4 is 4.74 Å². The van der Waals surface area contributed by atoms with Crippen molar-refractivity contribution in [2.24, 2.45) is 0 Å². The second-order valence-corrected chi connectivity index (χ2v) is 6.04. The van der Waals surface area contributed by atoms with Crippen molar-refractivity contribution < 1.29 is 14.6 Å². The molecule has 0 amide bonds. The van der Waals surface area contributed by atoms with Crippen LogP contribution in [0.2, 0.25) is 5.02 Å². The maximum Gasteiger partial charge on any atom is 0.336 e. The molecule has 0 atom stereocenters. The fraction of sp³-hybridized carbons (Fsp3) is 0.158. The normalized spacial score (nSPS) is 10.8. The lowest BCUT2D eigenvalue weighted by atomic mass is 9.99. The number of carboxylic acid groups (broad SMARTS) is 1.